The highest BCUT2D eigenvalue weighted by atomic mass is 19.1. The average molecular weight is 263 g/mol. The number of nitro groups is 1. The molecule has 0 atom stereocenters. The first-order valence-electron chi connectivity index (χ1n) is 5.95. The molecule has 0 unspecified atom stereocenters. The minimum Gasteiger partial charge on any atom is -0.258 e. The molecule has 0 aliphatic rings. The number of aryl methyl sites for hydroxylation is 1. The fourth-order valence-electron chi connectivity index (χ4n) is 2.28. The van der Waals surface area contributed by atoms with E-state index in [0.29, 0.717) is 0 Å². The first kappa shape index (κ1) is 13.2. The largest absolute Gasteiger partial charge is 0.330 e. The van der Waals surface area contributed by atoms with Gasteiger partial charge in [0.15, 0.2) is 0 Å². The highest BCUT2D eigenvalue weighted by Crippen LogP contribution is 2.28. The summed E-state index contributed by atoms with van der Waals surface area (Å²) in [6.45, 7) is 5.66. The number of para-hydroxylation sites is 1. The normalized spacial score (nSPS) is 10.7. The molecule has 0 aliphatic heterocycles. The molecule has 2 aromatic rings. The monoisotopic (exact) mass is 263 g/mol. The molecule has 0 spiro atoms. The lowest BCUT2D eigenvalue weighted by atomic mass is 10.1. The molecule has 1 aromatic carbocycles. The van der Waals surface area contributed by atoms with Gasteiger partial charge in [0.2, 0.25) is 5.82 Å². The number of nitro benzene ring substituents is 1. The predicted molar refractivity (Wildman–Crippen MR) is 69.0 cm³/mol. The molecule has 100 valence electrons. The van der Waals surface area contributed by atoms with Crippen LogP contribution in [-0.4, -0.2) is 14.7 Å². The van der Waals surface area contributed by atoms with Gasteiger partial charge in [-0.05, 0) is 38.0 Å². The van der Waals surface area contributed by atoms with Crippen LogP contribution < -0.4 is 0 Å². The first-order valence-corrected chi connectivity index (χ1v) is 5.95. The molecule has 2 rings (SSSR count). The van der Waals surface area contributed by atoms with Gasteiger partial charge in [-0.15, -0.1) is 0 Å². The second-order valence-electron chi connectivity index (χ2n) is 4.28. The average Bonchev–Trinajstić information content (AvgIpc) is 2.63. The number of nitrogens with zero attached hydrogens (tertiary/aromatic N) is 3. The van der Waals surface area contributed by atoms with Crippen LogP contribution in [0.25, 0.3) is 5.69 Å². The number of benzene rings is 1. The summed E-state index contributed by atoms with van der Waals surface area (Å²) >= 11 is 0. The summed E-state index contributed by atoms with van der Waals surface area (Å²) in [5, 5.41) is 15.3. The number of hydrogen-bond donors (Lipinski definition) is 0. The van der Waals surface area contributed by atoms with Gasteiger partial charge >= 0.3 is 5.69 Å². The molecule has 0 radical (unpaired) electrons. The van der Waals surface area contributed by atoms with Crippen LogP contribution in [0.3, 0.4) is 0 Å². The lowest BCUT2D eigenvalue weighted by Gasteiger charge is -2.06. The van der Waals surface area contributed by atoms with E-state index in [0.717, 1.165) is 29.4 Å². The van der Waals surface area contributed by atoms with Crippen LogP contribution in [-0.2, 0) is 6.42 Å². The molecular formula is C13H14FN3O2. The molecule has 0 N–H and O–H groups in total. The van der Waals surface area contributed by atoms with Gasteiger partial charge in [-0.3, -0.25) is 10.1 Å². The summed E-state index contributed by atoms with van der Waals surface area (Å²) in [6.07, 6.45) is 0.779. The van der Waals surface area contributed by atoms with Crippen LogP contribution in [0.5, 0.6) is 0 Å². The zero-order valence-electron chi connectivity index (χ0n) is 11.0. The Morgan fingerprint density at radius 1 is 1.42 bits per heavy atom. The van der Waals surface area contributed by atoms with Gasteiger partial charge in [0, 0.05) is 5.69 Å². The van der Waals surface area contributed by atoms with Gasteiger partial charge in [0.1, 0.15) is 5.69 Å². The smallest absolute Gasteiger partial charge is 0.258 e. The first-order chi connectivity index (χ1) is 8.97. The maximum absolute atomic E-state index is 13.6. The van der Waals surface area contributed by atoms with Crippen LogP contribution in [0.1, 0.15) is 23.9 Å². The third-order valence-electron chi connectivity index (χ3n) is 3.17. The van der Waals surface area contributed by atoms with E-state index in [1.54, 1.807) is 0 Å². The van der Waals surface area contributed by atoms with Crippen molar-refractivity contribution in [3.8, 4) is 5.69 Å². The second kappa shape index (κ2) is 4.79. The summed E-state index contributed by atoms with van der Waals surface area (Å²) in [5.74, 6) is -0.854. The lowest BCUT2D eigenvalue weighted by molar-refractivity contribution is -0.387. The van der Waals surface area contributed by atoms with Crippen molar-refractivity contribution >= 4 is 5.69 Å². The fraction of sp³-hybridized carbons (Fsp3) is 0.308. The minimum absolute atomic E-state index is 0.158. The second-order valence-corrected chi connectivity index (χ2v) is 4.28. The predicted octanol–water partition coefficient (Wildman–Crippen LogP) is 3.10. The molecule has 5 nitrogen and oxygen atoms in total. The van der Waals surface area contributed by atoms with Crippen LogP contribution in [0.15, 0.2) is 18.2 Å². The number of aromatic nitrogens is 2. The van der Waals surface area contributed by atoms with Crippen LogP contribution in [0.4, 0.5) is 10.1 Å². The number of rotatable bonds is 3. The van der Waals surface area contributed by atoms with Crippen molar-refractivity contribution in [2.75, 3.05) is 0 Å². The third-order valence-corrected chi connectivity index (χ3v) is 3.17. The molecule has 0 saturated carbocycles. The van der Waals surface area contributed by atoms with E-state index in [2.05, 4.69) is 5.10 Å². The van der Waals surface area contributed by atoms with Crippen LogP contribution >= 0.6 is 0 Å². The molecule has 6 heteroatoms. The van der Waals surface area contributed by atoms with E-state index in [1.165, 1.54) is 16.8 Å². The van der Waals surface area contributed by atoms with Crippen molar-refractivity contribution in [1.82, 2.24) is 9.78 Å². The molecule has 0 amide bonds. The Hall–Kier alpha value is -2.24. The molecule has 19 heavy (non-hydrogen) atoms. The van der Waals surface area contributed by atoms with E-state index >= 15 is 0 Å². The maximum Gasteiger partial charge on any atom is 0.330 e. The summed E-state index contributed by atoms with van der Waals surface area (Å²) in [6, 6.07) is 4.02. The van der Waals surface area contributed by atoms with Crippen molar-refractivity contribution in [3.63, 3.8) is 0 Å². The highest BCUT2D eigenvalue weighted by molar-refractivity contribution is 5.54. The Balaban J connectivity index is 2.73. The Kier molecular flexibility index (Phi) is 3.33. The van der Waals surface area contributed by atoms with Crippen molar-refractivity contribution in [1.29, 1.82) is 0 Å². The summed E-state index contributed by atoms with van der Waals surface area (Å²) < 4.78 is 15.1. The SMILES string of the molecule is CCc1c(C)nn(-c2cccc(F)c2[N+](=O)[O-])c1C. The van der Waals surface area contributed by atoms with E-state index < -0.39 is 16.4 Å². The maximum atomic E-state index is 13.6. The van der Waals surface area contributed by atoms with E-state index in [1.807, 2.05) is 20.8 Å². The van der Waals surface area contributed by atoms with Crippen molar-refractivity contribution in [3.05, 3.63) is 51.1 Å². The molecular weight excluding hydrogens is 249 g/mol. The van der Waals surface area contributed by atoms with Gasteiger partial charge in [-0.1, -0.05) is 13.0 Å². The third kappa shape index (κ3) is 2.09. The zero-order valence-corrected chi connectivity index (χ0v) is 11.0. The molecule has 0 fully saturated rings. The molecule has 0 aliphatic carbocycles. The van der Waals surface area contributed by atoms with E-state index in [-0.39, 0.29) is 5.69 Å². The Labute approximate surface area is 109 Å². The molecule has 0 saturated heterocycles. The standard InChI is InChI=1S/C13H14FN3O2/c1-4-10-8(2)15-16(9(10)3)12-7-5-6-11(14)13(12)17(18)19/h5-7H,4H2,1-3H3. The molecule has 0 bridgehead atoms. The number of hydrogen-bond acceptors (Lipinski definition) is 3. The van der Waals surface area contributed by atoms with Crippen LogP contribution in [0, 0.1) is 29.8 Å². The quantitative estimate of drug-likeness (QED) is 0.631. The lowest BCUT2D eigenvalue weighted by Crippen LogP contribution is -2.05. The van der Waals surface area contributed by atoms with Crippen molar-refractivity contribution < 1.29 is 9.31 Å². The van der Waals surface area contributed by atoms with Gasteiger partial charge < -0.3 is 0 Å². The van der Waals surface area contributed by atoms with Crippen molar-refractivity contribution in [2.24, 2.45) is 0 Å². The van der Waals surface area contributed by atoms with E-state index in [4.69, 9.17) is 0 Å². The molecule has 1 heterocycles. The topological polar surface area (TPSA) is 61.0 Å². The van der Waals surface area contributed by atoms with Gasteiger partial charge in [-0.25, -0.2) is 4.68 Å². The summed E-state index contributed by atoms with van der Waals surface area (Å²) in [4.78, 5) is 10.3. The van der Waals surface area contributed by atoms with Gasteiger partial charge in [-0.2, -0.15) is 9.49 Å². The summed E-state index contributed by atoms with van der Waals surface area (Å²) in [5.41, 5.74) is 2.24. The number of halogens is 1. The van der Waals surface area contributed by atoms with Gasteiger partial charge in [0.25, 0.3) is 0 Å². The Morgan fingerprint density at radius 2 is 2.11 bits per heavy atom. The molecule has 1 aromatic heterocycles. The van der Waals surface area contributed by atoms with Crippen molar-refractivity contribution in [2.45, 2.75) is 27.2 Å². The highest BCUT2D eigenvalue weighted by Gasteiger charge is 2.23. The summed E-state index contributed by atoms with van der Waals surface area (Å²) in [7, 11) is 0. The Morgan fingerprint density at radius 3 is 2.63 bits per heavy atom. The zero-order chi connectivity index (χ0) is 14.2. The Bertz CT molecular complexity index is 650. The van der Waals surface area contributed by atoms with Gasteiger partial charge in [0.05, 0.1) is 10.6 Å². The minimum atomic E-state index is -0.854. The van der Waals surface area contributed by atoms with E-state index in [9.17, 15) is 14.5 Å². The fourth-order valence-corrected chi connectivity index (χ4v) is 2.28. The van der Waals surface area contributed by atoms with Crippen LogP contribution in [0.2, 0.25) is 0 Å².